The SMILES string of the molecule is CC1=C(COCc2ccco2)C=C1. The number of ether oxygens (including phenoxy) is 1. The lowest BCUT2D eigenvalue weighted by molar-refractivity contribution is 0.127. The van der Waals surface area contributed by atoms with Gasteiger partial charge in [-0.25, -0.2) is 0 Å². The van der Waals surface area contributed by atoms with Gasteiger partial charge >= 0.3 is 0 Å². The van der Waals surface area contributed by atoms with Crippen molar-refractivity contribution in [1.82, 2.24) is 0 Å². The van der Waals surface area contributed by atoms with Crippen LogP contribution in [0.3, 0.4) is 0 Å². The summed E-state index contributed by atoms with van der Waals surface area (Å²) in [5, 5.41) is 0. The van der Waals surface area contributed by atoms with Crippen molar-refractivity contribution < 1.29 is 9.15 Å². The van der Waals surface area contributed by atoms with Crippen LogP contribution in [0.25, 0.3) is 0 Å². The molecular weight excluding hydrogens is 164 g/mol. The molecule has 1 aliphatic rings. The Morgan fingerprint density at radius 2 is 2.23 bits per heavy atom. The molecule has 0 radical (unpaired) electrons. The molecule has 0 unspecified atom stereocenters. The molecule has 0 amide bonds. The average molecular weight is 176 g/mol. The highest BCUT2D eigenvalue weighted by Crippen LogP contribution is 2.18. The van der Waals surface area contributed by atoms with Gasteiger partial charge in [0.1, 0.15) is 12.4 Å². The first kappa shape index (κ1) is 8.32. The third kappa shape index (κ3) is 1.90. The highest BCUT2D eigenvalue weighted by molar-refractivity contribution is 5.43. The molecule has 0 N–H and O–H groups in total. The van der Waals surface area contributed by atoms with E-state index >= 15 is 0 Å². The quantitative estimate of drug-likeness (QED) is 0.703. The Balaban J connectivity index is 1.73. The van der Waals surface area contributed by atoms with E-state index in [0.29, 0.717) is 13.2 Å². The number of hydrogen-bond donors (Lipinski definition) is 0. The molecule has 0 spiro atoms. The minimum absolute atomic E-state index is 0.553. The van der Waals surface area contributed by atoms with E-state index in [4.69, 9.17) is 9.15 Å². The van der Waals surface area contributed by atoms with Crippen LogP contribution in [-0.2, 0) is 11.3 Å². The van der Waals surface area contributed by atoms with Gasteiger partial charge in [0.2, 0.25) is 0 Å². The van der Waals surface area contributed by atoms with Crippen LogP contribution in [0.15, 0.2) is 46.1 Å². The van der Waals surface area contributed by atoms with Crippen LogP contribution in [-0.4, -0.2) is 6.61 Å². The van der Waals surface area contributed by atoms with E-state index in [1.165, 1.54) is 11.1 Å². The lowest BCUT2D eigenvalue weighted by atomic mass is 10.0. The van der Waals surface area contributed by atoms with Crippen LogP contribution in [0.1, 0.15) is 12.7 Å². The number of furan rings is 1. The van der Waals surface area contributed by atoms with Crippen molar-refractivity contribution >= 4 is 0 Å². The summed E-state index contributed by atoms with van der Waals surface area (Å²) in [6, 6.07) is 3.78. The molecule has 1 aliphatic carbocycles. The van der Waals surface area contributed by atoms with E-state index in [-0.39, 0.29) is 0 Å². The van der Waals surface area contributed by atoms with E-state index < -0.39 is 0 Å². The Morgan fingerprint density at radius 3 is 2.77 bits per heavy atom. The van der Waals surface area contributed by atoms with E-state index in [1.54, 1.807) is 6.26 Å². The lowest BCUT2D eigenvalue weighted by Crippen LogP contribution is -2.02. The normalized spacial score (nSPS) is 14.8. The standard InChI is InChI=1S/C11H12O2/c1-9-4-5-10(9)7-12-8-11-3-2-6-13-11/h2-6H,7-8H2,1H3. The Hall–Kier alpha value is -1.28. The molecule has 1 aromatic heterocycles. The highest BCUT2D eigenvalue weighted by atomic mass is 16.5. The second-order valence-electron chi connectivity index (χ2n) is 3.11. The third-order valence-corrected chi connectivity index (χ3v) is 2.12. The first-order chi connectivity index (χ1) is 6.36. The molecule has 1 aromatic rings. The second-order valence-corrected chi connectivity index (χ2v) is 3.11. The zero-order valence-electron chi connectivity index (χ0n) is 7.62. The maximum atomic E-state index is 5.45. The maximum absolute atomic E-state index is 5.45. The van der Waals surface area contributed by atoms with E-state index in [0.717, 1.165) is 5.76 Å². The van der Waals surface area contributed by atoms with Crippen molar-refractivity contribution in [2.75, 3.05) is 6.61 Å². The van der Waals surface area contributed by atoms with Crippen LogP contribution >= 0.6 is 0 Å². The summed E-state index contributed by atoms with van der Waals surface area (Å²) in [6.07, 6.45) is 5.83. The average Bonchev–Trinajstić information content (AvgIpc) is 2.62. The van der Waals surface area contributed by atoms with Crippen LogP contribution < -0.4 is 0 Å². The molecule has 0 aromatic carbocycles. The van der Waals surface area contributed by atoms with Gasteiger partial charge in [0.15, 0.2) is 0 Å². The second kappa shape index (κ2) is 3.62. The number of rotatable bonds is 4. The van der Waals surface area contributed by atoms with Crippen LogP contribution in [0.2, 0.25) is 0 Å². The largest absolute Gasteiger partial charge is 0.467 e. The topological polar surface area (TPSA) is 22.4 Å². The molecule has 68 valence electrons. The summed E-state index contributed by atoms with van der Waals surface area (Å²) < 4.78 is 10.6. The molecule has 2 heteroatoms. The van der Waals surface area contributed by atoms with Crippen molar-refractivity contribution in [3.05, 3.63) is 47.5 Å². The lowest BCUT2D eigenvalue weighted by Gasteiger charge is -2.12. The molecular formula is C11H12O2. The molecule has 2 nitrogen and oxygen atoms in total. The summed E-state index contributed by atoms with van der Waals surface area (Å²) in [5.74, 6) is 0.876. The Labute approximate surface area is 77.5 Å². The van der Waals surface area contributed by atoms with Gasteiger partial charge in [-0.15, -0.1) is 0 Å². The smallest absolute Gasteiger partial charge is 0.129 e. The van der Waals surface area contributed by atoms with Crippen molar-refractivity contribution in [2.45, 2.75) is 13.5 Å². The fourth-order valence-corrected chi connectivity index (χ4v) is 1.19. The van der Waals surface area contributed by atoms with Gasteiger partial charge in [0.05, 0.1) is 12.9 Å². The van der Waals surface area contributed by atoms with Crippen LogP contribution in [0.4, 0.5) is 0 Å². The van der Waals surface area contributed by atoms with Gasteiger partial charge in [0.25, 0.3) is 0 Å². The molecule has 1 heterocycles. The minimum Gasteiger partial charge on any atom is -0.467 e. The van der Waals surface area contributed by atoms with E-state index in [9.17, 15) is 0 Å². The number of allylic oxidation sites excluding steroid dienone is 2. The first-order valence-corrected chi connectivity index (χ1v) is 4.34. The van der Waals surface area contributed by atoms with Crippen LogP contribution in [0, 0.1) is 0 Å². The molecule has 0 saturated carbocycles. The van der Waals surface area contributed by atoms with Gasteiger partial charge in [-0.2, -0.15) is 0 Å². The van der Waals surface area contributed by atoms with E-state index in [1.807, 2.05) is 12.1 Å². The molecule has 2 rings (SSSR count). The van der Waals surface area contributed by atoms with Gasteiger partial charge in [-0.1, -0.05) is 12.2 Å². The Bertz CT molecular complexity index is 331. The first-order valence-electron chi connectivity index (χ1n) is 4.34. The van der Waals surface area contributed by atoms with Crippen molar-refractivity contribution in [3.63, 3.8) is 0 Å². The van der Waals surface area contributed by atoms with Crippen LogP contribution in [0.5, 0.6) is 0 Å². The summed E-state index contributed by atoms with van der Waals surface area (Å²) in [4.78, 5) is 0. The molecule has 0 atom stereocenters. The fraction of sp³-hybridized carbons (Fsp3) is 0.273. The monoisotopic (exact) mass is 176 g/mol. The van der Waals surface area contributed by atoms with Gasteiger partial charge in [0, 0.05) is 0 Å². The molecule has 0 bridgehead atoms. The predicted molar refractivity (Wildman–Crippen MR) is 50.2 cm³/mol. The third-order valence-electron chi connectivity index (χ3n) is 2.12. The Kier molecular flexibility index (Phi) is 2.32. The minimum atomic E-state index is 0.553. The van der Waals surface area contributed by atoms with Gasteiger partial charge in [-0.3, -0.25) is 0 Å². The van der Waals surface area contributed by atoms with Gasteiger partial charge in [-0.05, 0) is 30.2 Å². The van der Waals surface area contributed by atoms with Crippen molar-refractivity contribution in [2.24, 2.45) is 0 Å². The van der Waals surface area contributed by atoms with Crippen molar-refractivity contribution in [1.29, 1.82) is 0 Å². The zero-order valence-corrected chi connectivity index (χ0v) is 7.62. The maximum Gasteiger partial charge on any atom is 0.129 e. The van der Waals surface area contributed by atoms with E-state index in [2.05, 4.69) is 19.1 Å². The Morgan fingerprint density at radius 1 is 1.31 bits per heavy atom. The fourth-order valence-electron chi connectivity index (χ4n) is 1.19. The molecule has 13 heavy (non-hydrogen) atoms. The summed E-state index contributed by atoms with van der Waals surface area (Å²) >= 11 is 0. The van der Waals surface area contributed by atoms with Gasteiger partial charge < -0.3 is 9.15 Å². The molecule has 0 fully saturated rings. The molecule has 0 saturated heterocycles. The number of hydrogen-bond acceptors (Lipinski definition) is 2. The summed E-state index contributed by atoms with van der Waals surface area (Å²) in [6.45, 7) is 3.33. The zero-order chi connectivity index (χ0) is 9.10. The van der Waals surface area contributed by atoms with Crippen molar-refractivity contribution in [3.8, 4) is 0 Å². The summed E-state index contributed by atoms with van der Waals surface area (Å²) in [7, 11) is 0. The molecule has 0 aliphatic heterocycles. The predicted octanol–water partition coefficient (Wildman–Crippen LogP) is 2.68. The summed E-state index contributed by atoms with van der Waals surface area (Å²) in [5.41, 5.74) is 2.60. The highest BCUT2D eigenvalue weighted by Gasteiger charge is 2.05.